The Morgan fingerprint density at radius 3 is 2.50 bits per heavy atom. The minimum atomic E-state index is -0.868. The molecule has 2 N–H and O–H groups in total. The lowest BCUT2D eigenvalue weighted by Crippen LogP contribution is -2.27. The zero-order valence-corrected chi connectivity index (χ0v) is 17.4. The fourth-order valence-corrected chi connectivity index (χ4v) is 2.98. The fourth-order valence-electron chi connectivity index (χ4n) is 2.98. The molecule has 1 aliphatic heterocycles. The van der Waals surface area contributed by atoms with Crippen molar-refractivity contribution in [3.05, 3.63) is 53.6 Å². The molecular formula is C22H26BNO6. The summed E-state index contributed by atoms with van der Waals surface area (Å²) in [5.74, 6) is 0.736. The first-order valence-corrected chi connectivity index (χ1v) is 9.87. The predicted octanol–water partition coefficient (Wildman–Crippen LogP) is 2.43. The molecule has 0 bridgehead atoms. The molecule has 2 aromatic rings. The highest BCUT2D eigenvalue weighted by molar-refractivity contribution is 6.61. The van der Waals surface area contributed by atoms with E-state index >= 15 is 0 Å². The third-order valence-electron chi connectivity index (χ3n) is 4.40. The number of carbonyl (C=O) groups excluding carboxylic acids is 2. The van der Waals surface area contributed by atoms with Gasteiger partial charge in [-0.2, -0.15) is 0 Å². The van der Waals surface area contributed by atoms with Crippen molar-refractivity contribution in [2.45, 2.75) is 52.4 Å². The summed E-state index contributed by atoms with van der Waals surface area (Å²) < 4.78 is 16.2. The van der Waals surface area contributed by atoms with Crippen LogP contribution in [0.2, 0.25) is 0 Å². The third kappa shape index (κ3) is 6.33. The van der Waals surface area contributed by atoms with E-state index in [1.807, 2.05) is 30.3 Å². The summed E-state index contributed by atoms with van der Waals surface area (Å²) >= 11 is 0. The topological polar surface area (TPSA) is 94.1 Å². The summed E-state index contributed by atoms with van der Waals surface area (Å²) in [6.45, 7) is 6.10. The Hall–Kier alpha value is -2.84. The van der Waals surface area contributed by atoms with Crippen LogP contribution < -0.4 is 15.5 Å². The van der Waals surface area contributed by atoms with Crippen molar-refractivity contribution in [2.75, 3.05) is 0 Å². The van der Waals surface area contributed by atoms with Crippen LogP contribution in [0.4, 0.5) is 0 Å². The first kappa shape index (κ1) is 21.9. The minimum absolute atomic E-state index is 0.0543. The van der Waals surface area contributed by atoms with Crippen LogP contribution in [-0.4, -0.2) is 29.6 Å². The summed E-state index contributed by atoms with van der Waals surface area (Å²) in [6.07, 6.45) is 0.144. The molecular weight excluding hydrogens is 385 g/mol. The zero-order valence-electron chi connectivity index (χ0n) is 17.4. The zero-order chi connectivity index (χ0) is 21.7. The number of ether oxygens (including phenoxy) is 2. The molecule has 7 nitrogen and oxygen atoms in total. The minimum Gasteiger partial charge on any atom is -0.460 e. The quantitative estimate of drug-likeness (QED) is 0.537. The number of esters is 1. The normalized spacial score (nSPS) is 13.0. The van der Waals surface area contributed by atoms with E-state index in [1.54, 1.807) is 32.9 Å². The van der Waals surface area contributed by atoms with Crippen molar-refractivity contribution in [2.24, 2.45) is 0 Å². The van der Waals surface area contributed by atoms with Gasteiger partial charge in [-0.3, -0.25) is 9.59 Å². The van der Waals surface area contributed by atoms with Crippen molar-refractivity contribution in [3.63, 3.8) is 0 Å². The molecule has 0 saturated carbocycles. The number of hydrogen-bond acceptors (Lipinski definition) is 6. The highest BCUT2D eigenvalue weighted by atomic mass is 16.6. The van der Waals surface area contributed by atoms with Gasteiger partial charge in [0.1, 0.15) is 17.1 Å². The molecule has 1 heterocycles. The Morgan fingerprint density at radius 1 is 1.10 bits per heavy atom. The van der Waals surface area contributed by atoms with Gasteiger partial charge in [0.2, 0.25) is 5.91 Å². The second kappa shape index (κ2) is 9.32. The lowest BCUT2D eigenvalue weighted by Gasteiger charge is -2.19. The summed E-state index contributed by atoms with van der Waals surface area (Å²) in [5.41, 5.74) is 2.04. The van der Waals surface area contributed by atoms with Crippen LogP contribution >= 0.6 is 0 Å². The van der Waals surface area contributed by atoms with Crippen molar-refractivity contribution < 1.29 is 28.7 Å². The van der Waals surface area contributed by atoms with Crippen LogP contribution in [0.5, 0.6) is 11.5 Å². The maximum atomic E-state index is 11.9. The first-order valence-electron chi connectivity index (χ1n) is 9.87. The van der Waals surface area contributed by atoms with E-state index in [-0.39, 0.29) is 24.7 Å². The molecule has 1 amide bonds. The highest BCUT2D eigenvalue weighted by Crippen LogP contribution is 2.24. The van der Waals surface area contributed by atoms with Gasteiger partial charge in [-0.15, -0.1) is 0 Å². The Morgan fingerprint density at radius 2 is 1.80 bits per heavy atom. The van der Waals surface area contributed by atoms with Gasteiger partial charge in [-0.25, -0.2) is 0 Å². The van der Waals surface area contributed by atoms with Gasteiger partial charge in [-0.1, -0.05) is 18.2 Å². The molecule has 30 heavy (non-hydrogen) atoms. The summed E-state index contributed by atoms with van der Waals surface area (Å²) in [6, 6.07) is 12.8. The average molecular weight is 411 g/mol. The van der Waals surface area contributed by atoms with Gasteiger partial charge in [0.15, 0.2) is 0 Å². The van der Waals surface area contributed by atoms with E-state index in [2.05, 4.69) is 5.32 Å². The number of nitrogens with one attached hydrogen (secondary N) is 1. The maximum Gasteiger partial charge on any atom is 0.491 e. The van der Waals surface area contributed by atoms with Gasteiger partial charge in [-0.05, 0) is 61.6 Å². The number of benzene rings is 2. The van der Waals surface area contributed by atoms with Crippen LogP contribution in [0.3, 0.4) is 0 Å². The predicted molar refractivity (Wildman–Crippen MR) is 112 cm³/mol. The van der Waals surface area contributed by atoms with Crippen LogP contribution in [0.25, 0.3) is 0 Å². The van der Waals surface area contributed by atoms with E-state index in [0.29, 0.717) is 24.7 Å². The molecule has 0 radical (unpaired) electrons. The Bertz CT molecular complexity index is 907. The van der Waals surface area contributed by atoms with E-state index in [1.165, 1.54) is 0 Å². The summed E-state index contributed by atoms with van der Waals surface area (Å²) in [7, 11) is -0.868. The van der Waals surface area contributed by atoms with Gasteiger partial charge in [0.05, 0.1) is 13.0 Å². The Balaban J connectivity index is 1.44. The second-order valence-electron chi connectivity index (χ2n) is 8.13. The van der Waals surface area contributed by atoms with Gasteiger partial charge >= 0.3 is 13.1 Å². The SMILES string of the molecule is CC(C)(C)OC(=O)CCC(=O)NCc1ccc(Oc2ccc3c(c2)COB3O)cc1. The van der Waals surface area contributed by atoms with E-state index < -0.39 is 12.7 Å². The summed E-state index contributed by atoms with van der Waals surface area (Å²) in [4.78, 5) is 23.6. The number of hydrogen-bond donors (Lipinski definition) is 2. The van der Waals surface area contributed by atoms with Crippen molar-refractivity contribution in [1.82, 2.24) is 5.32 Å². The smallest absolute Gasteiger partial charge is 0.460 e. The molecule has 0 atom stereocenters. The standard InChI is InChI=1S/C22H26BNO6/c1-22(2,3)30-21(26)11-10-20(25)24-13-15-4-6-17(7-5-15)29-18-8-9-19-16(12-18)14-28-23(19)27/h4-9,12,27H,10-11,13-14H2,1-3H3,(H,24,25). The molecule has 2 aromatic carbocycles. The Labute approximate surface area is 176 Å². The highest BCUT2D eigenvalue weighted by Gasteiger charge is 2.27. The van der Waals surface area contributed by atoms with Crippen LogP contribution in [0.1, 0.15) is 44.7 Å². The monoisotopic (exact) mass is 411 g/mol. The van der Waals surface area contributed by atoms with Gasteiger partial charge in [0, 0.05) is 13.0 Å². The molecule has 0 unspecified atom stereocenters. The lowest BCUT2D eigenvalue weighted by molar-refractivity contribution is -0.155. The molecule has 1 aliphatic rings. The van der Waals surface area contributed by atoms with Crippen LogP contribution in [0.15, 0.2) is 42.5 Å². The van der Waals surface area contributed by atoms with Crippen LogP contribution in [-0.2, 0) is 32.1 Å². The van der Waals surface area contributed by atoms with E-state index in [0.717, 1.165) is 16.6 Å². The molecule has 3 rings (SSSR count). The summed E-state index contributed by atoms with van der Waals surface area (Å²) in [5, 5.41) is 12.5. The van der Waals surface area contributed by atoms with Crippen molar-refractivity contribution in [3.8, 4) is 11.5 Å². The molecule has 0 aromatic heterocycles. The van der Waals surface area contributed by atoms with Gasteiger partial charge in [0.25, 0.3) is 0 Å². The number of fused-ring (bicyclic) bond motifs is 1. The second-order valence-corrected chi connectivity index (χ2v) is 8.13. The lowest BCUT2D eigenvalue weighted by atomic mass is 9.80. The average Bonchev–Trinajstić information content (AvgIpc) is 3.05. The van der Waals surface area contributed by atoms with Crippen LogP contribution in [0, 0.1) is 0 Å². The van der Waals surface area contributed by atoms with Crippen molar-refractivity contribution in [1.29, 1.82) is 0 Å². The van der Waals surface area contributed by atoms with E-state index in [9.17, 15) is 14.6 Å². The molecule has 0 fully saturated rings. The molecule has 0 saturated heterocycles. The fraction of sp³-hybridized carbons (Fsp3) is 0.364. The first-order chi connectivity index (χ1) is 14.2. The Kier molecular flexibility index (Phi) is 6.79. The number of amides is 1. The van der Waals surface area contributed by atoms with E-state index in [4.69, 9.17) is 14.1 Å². The van der Waals surface area contributed by atoms with Gasteiger partial charge < -0.3 is 24.5 Å². The molecule has 0 spiro atoms. The van der Waals surface area contributed by atoms with Crippen molar-refractivity contribution >= 4 is 24.5 Å². The third-order valence-corrected chi connectivity index (χ3v) is 4.40. The largest absolute Gasteiger partial charge is 0.491 e. The number of rotatable bonds is 7. The molecule has 158 valence electrons. The number of carbonyl (C=O) groups is 2. The maximum absolute atomic E-state index is 11.9. The molecule has 8 heteroatoms. The molecule has 0 aliphatic carbocycles.